The molecule has 1 spiro atoms. The molecule has 0 radical (unpaired) electrons. The van der Waals surface area contributed by atoms with Gasteiger partial charge < -0.3 is 9.80 Å². The highest BCUT2D eigenvalue weighted by molar-refractivity contribution is 5.97. The van der Waals surface area contributed by atoms with E-state index in [0.717, 1.165) is 24.3 Å². The Kier molecular flexibility index (Phi) is 4.21. The Morgan fingerprint density at radius 3 is 2.63 bits per heavy atom. The predicted molar refractivity (Wildman–Crippen MR) is 103 cm³/mol. The number of carbonyl (C=O) groups excluding carboxylic acids is 2. The van der Waals surface area contributed by atoms with Crippen molar-refractivity contribution in [3.63, 3.8) is 0 Å². The summed E-state index contributed by atoms with van der Waals surface area (Å²) in [5.41, 5.74) is 4.68. The Balaban J connectivity index is 1.64. The second-order valence-corrected chi connectivity index (χ2v) is 7.80. The summed E-state index contributed by atoms with van der Waals surface area (Å²) in [5, 5.41) is 0. The summed E-state index contributed by atoms with van der Waals surface area (Å²) >= 11 is 0. The van der Waals surface area contributed by atoms with Gasteiger partial charge in [-0.15, -0.1) is 0 Å². The molecule has 2 amide bonds. The molecule has 0 aliphatic carbocycles. The Morgan fingerprint density at radius 1 is 1.15 bits per heavy atom. The number of likely N-dealkylation sites (tertiary alicyclic amines) is 1. The smallest absolute Gasteiger partial charge is 0.233 e. The van der Waals surface area contributed by atoms with Crippen molar-refractivity contribution in [1.82, 2.24) is 14.9 Å². The fourth-order valence-corrected chi connectivity index (χ4v) is 4.26. The molecule has 1 aromatic heterocycles. The number of aryl methyl sites for hydroxylation is 2. The first kappa shape index (κ1) is 17.6. The maximum atomic E-state index is 13.1. The number of hydrogen-bond donors (Lipinski definition) is 0. The van der Waals surface area contributed by atoms with Crippen LogP contribution in [0.15, 0.2) is 30.6 Å². The molecule has 0 N–H and O–H groups in total. The molecule has 1 saturated heterocycles. The standard InChI is InChI=1S/C21H24N4O2/c1-14-4-5-19-18(8-14)21(6-7-24(12-21)16(3)26)13-25(19)20(27)9-17-11-22-15(2)10-23-17/h4-5,8,10-11H,6-7,9,12-13H2,1-3H3. The number of aromatic nitrogens is 2. The molecule has 6 nitrogen and oxygen atoms in total. The average Bonchev–Trinajstić information content (AvgIpc) is 3.20. The number of anilines is 1. The zero-order valence-electron chi connectivity index (χ0n) is 16.0. The third-order valence-electron chi connectivity index (χ3n) is 5.74. The van der Waals surface area contributed by atoms with Crippen LogP contribution in [-0.4, -0.2) is 46.3 Å². The summed E-state index contributed by atoms with van der Waals surface area (Å²) < 4.78 is 0. The van der Waals surface area contributed by atoms with Crippen molar-refractivity contribution in [2.24, 2.45) is 0 Å². The number of rotatable bonds is 2. The molecule has 1 unspecified atom stereocenters. The maximum Gasteiger partial charge on any atom is 0.233 e. The molecule has 2 aromatic rings. The minimum Gasteiger partial charge on any atom is -0.342 e. The fraction of sp³-hybridized carbons (Fsp3) is 0.429. The summed E-state index contributed by atoms with van der Waals surface area (Å²) in [4.78, 5) is 37.3. The van der Waals surface area contributed by atoms with Gasteiger partial charge in [0, 0.05) is 50.1 Å². The van der Waals surface area contributed by atoms with Crippen LogP contribution in [0.2, 0.25) is 0 Å². The molecule has 27 heavy (non-hydrogen) atoms. The van der Waals surface area contributed by atoms with E-state index in [2.05, 4.69) is 23.0 Å². The third kappa shape index (κ3) is 3.09. The van der Waals surface area contributed by atoms with E-state index in [4.69, 9.17) is 0 Å². The molecule has 6 heteroatoms. The molecule has 1 atom stereocenters. The third-order valence-corrected chi connectivity index (χ3v) is 5.74. The Hall–Kier alpha value is -2.76. The van der Waals surface area contributed by atoms with Crippen molar-refractivity contribution in [1.29, 1.82) is 0 Å². The first-order valence-corrected chi connectivity index (χ1v) is 9.32. The van der Waals surface area contributed by atoms with Gasteiger partial charge in [-0.05, 0) is 31.9 Å². The van der Waals surface area contributed by atoms with Crippen LogP contribution in [0.1, 0.15) is 35.9 Å². The van der Waals surface area contributed by atoms with Crippen molar-refractivity contribution >= 4 is 17.5 Å². The number of fused-ring (bicyclic) bond motifs is 2. The zero-order chi connectivity index (χ0) is 19.2. The van der Waals surface area contributed by atoms with Crippen LogP contribution in [0.3, 0.4) is 0 Å². The Morgan fingerprint density at radius 2 is 1.96 bits per heavy atom. The lowest BCUT2D eigenvalue weighted by molar-refractivity contribution is -0.127. The largest absolute Gasteiger partial charge is 0.342 e. The maximum absolute atomic E-state index is 13.1. The highest BCUT2D eigenvalue weighted by Gasteiger charge is 2.49. The minimum atomic E-state index is -0.165. The van der Waals surface area contributed by atoms with Crippen LogP contribution in [0.5, 0.6) is 0 Å². The molecule has 0 bridgehead atoms. The van der Waals surface area contributed by atoms with E-state index in [0.29, 0.717) is 18.8 Å². The zero-order valence-corrected chi connectivity index (χ0v) is 16.0. The van der Waals surface area contributed by atoms with Crippen LogP contribution in [0.25, 0.3) is 0 Å². The topological polar surface area (TPSA) is 66.4 Å². The molecule has 1 aromatic carbocycles. The van der Waals surface area contributed by atoms with Gasteiger partial charge in [0.15, 0.2) is 0 Å². The summed E-state index contributed by atoms with van der Waals surface area (Å²) in [6.45, 7) is 7.60. The lowest BCUT2D eigenvalue weighted by atomic mass is 9.81. The van der Waals surface area contributed by atoms with Gasteiger partial charge in [0.05, 0.1) is 17.8 Å². The monoisotopic (exact) mass is 364 g/mol. The SMILES string of the molecule is CC(=O)N1CCC2(C1)CN(C(=O)Cc1cnc(C)cn1)c1ccc(C)cc12. The van der Waals surface area contributed by atoms with E-state index in [9.17, 15) is 9.59 Å². The van der Waals surface area contributed by atoms with Crippen molar-refractivity contribution in [3.05, 3.63) is 53.1 Å². The van der Waals surface area contributed by atoms with Gasteiger partial charge in [-0.1, -0.05) is 17.7 Å². The number of benzene rings is 1. The number of hydrogen-bond acceptors (Lipinski definition) is 4. The molecule has 3 heterocycles. The molecule has 2 aliphatic rings. The summed E-state index contributed by atoms with van der Waals surface area (Å²) in [6, 6.07) is 6.26. The second-order valence-electron chi connectivity index (χ2n) is 7.80. The van der Waals surface area contributed by atoms with Gasteiger partial charge in [-0.25, -0.2) is 0 Å². The van der Waals surface area contributed by atoms with Crippen molar-refractivity contribution in [2.45, 2.75) is 39.0 Å². The molecule has 0 saturated carbocycles. The van der Waals surface area contributed by atoms with Gasteiger partial charge in [-0.2, -0.15) is 0 Å². The average molecular weight is 364 g/mol. The van der Waals surface area contributed by atoms with E-state index in [1.165, 1.54) is 11.1 Å². The molecule has 2 aliphatic heterocycles. The van der Waals surface area contributed by atoms with Crippen molar-refractivity contribution in [3.8, 4) is 0 Å². The van der Waals surface area contributed by atoms with Crippen LogP contribution in [0.4, 0.5) is 5.69 Å². The molecular formula is C21H24N4O2. The Labute approximate surface area is 159 Å². The number of carbonyl (C=O) groups is 2. The first-order chi connectivity index (χ1) is 12.9. The van der Waals surface area contributed by atoms with Crippen LogP contribution >= 0.6 is 0 Å². The quantitative estimate of drug-likeness (QED) is 0.819. The molecule has 140 valence electrons. The van der Waals surface area contributed by atoms with Gasteiger partial charge >= 0.3 is 0 Å². The number of amides is 2. The summed E-state index contributed by atoms with van der Waals surface area (Å²) in [7, 11) is 0. The molecule has 4 rings (SSSR count). The second kappa shape index (κ2) is 6.44. The van der Waals surface area contributed by atoms with Gasteiger partial charge in [0.2, 0.25) is 11.8 Å². The highest BCUT2D eigenvalue weighted by atomic mass is 16.2. The summed E-state index contributed by atoms with van der Waals surface area (Å²) in [5.74, 6) is 0.122. The van der Waals surface area contributed by atoms with Crippen LogP contribution < -0.4 is 4.90 Å². The number of nitrogens with zero attached hydrogens (tertiary/aromatic N) is 4. The van der Waals surface area contributed by atoms with Crippen LogP contribution in [0, 0.1) is 13.8 Å². The van der Waals surface area contributed by atoms with E-state index in [1.807, 2.05) is 28.9 Å². The predicted octanol–water partition coefficient (Wildman–Crippen LogP) is 2.17. The van der Waals surface area contributed by atoms with Crippen LogP contribution in [-0.2, 0) is 21.4 Å². The van der Waals surface area contributed by atoms with Gasteiger partial charge in [-0.3, -0.25) is 19.6 Å². The van der Waals surface area contributed by atoms with E-state index < -0.39 is 0 Å². The van der Waals surface area contributed by atoms with Gasteiger partial charge in [0.1, 0.15) is 0 Å². The lowest BCUT2D eigenvalue weighted by Gasteiger charge is -2.25. The van der Waals surface area contributed by atoms with E-state index in [1.54, 1.807) is 19.3 Å². The molecular weight excluding hydrogens is 340 g/mol. The lowest BCUT2D eigenvalue weighted by Crippen LogP contribution is -2.40. The normalized spacial score (nSPS) is 21.0. The van der Waals surface area contributed by atoms with E-state index >= 15 is 0 Å². The van der Waals surface area contributed by atoms with Gasteiger partial charge in [0.25, 0.3) is 0 Å². The molecule has 1 fully saturated rings. The fourth-order valence-electron chi connectivity index (χ4n) is 4.26. The first-order valence-electron chi connectivity index (χ1n) is 9.32. The minimum absolute atomic E-state index is 0.0245. The van der Waals surface area contributed by atoms with E-state index in [-0.39, 0.29) is 23.7 Å². The Bertz CT molecular complexity index is 909. The van der Waals surface area contributed by atoms with Crippen molar-refractivity contribution in [2.75, 3.05) is 24.5 Å². The summed E-state index contributed by atoms with van der Waals surface area (Å²) in [6.07, 6.45) is 4.47. The highest BCUT2D eigenvalue weighted by Crippen LogP contribution is 2.46. The van der Waals surface area contributed by atoms with Crippen molar-refractivity contribution < 1.29 is 9.59 Å².